The van der Waals surface area contributed by atoms with E-state index in [1.165, 1.54) is 12.1 Å². The summed E-state index contributed by atoms with van der Waals surface area (Å²) >= 11 is 0. The number of nitrogens with two attached hydrogens (primary N) is 1. The number of phenols is 1. The van der Waals surface area contributed by atoms with Gasteiger partial charge in [0.1, 0.15) is 5.75 Å². The molecule has 16 heavy (non-hydrogen) atoms. The lowest BCUT2D eigenvalue weighted by molar-refractivity contribution is -0.385. The minimum Gasteiger partial charge on any atom is -0.508 e. The zero-order valence-corrected chi connectivity index (χ0v) is 9.11. The highest BCUT2D eigenvalue weighted by atomic mass is 35.5. The third-order valence-corrected chi connectivity index (χ3v) is 2.04. The predicted molar refractivity (Wildman–Crippen MR) is 59.5 cm³/mol. The Kier molecular flexibility index (Phi) is 5.69. The maximum absolute atomic E-state index is 12.0. The van der Waals surface area contributed by atoms with Gasteiger partial charge >= 0.3 is 0 Å². The number of rotatable bonds is 4. The maximum Gasteiger partial charge on any atom is 0.270 e. The van der Waals surface area contributed by atoms with Crippen molar-refractivity contribution in [1.82, 2.24) is 0 Å². The monoisotopic (exact) mass is 250 g/mol. The van der Waals surface area contributed by atoms with Crippen LogP contribution in [0.5, 0.6) is 5.75 Å². The van der Waals surface area contributed by atoms with Gasteiger partial charge in [0.05, 0.1) is 11.6 Å². The van der Waals surface area contributed by atoms with E-state index in [1.807, 2.05) is 0 Å². The standard InChI is InChI=1S/C9H11FN2O3.ClH/c10-4-3-8(11)7-5-6(12(14)15)1-2-9(7)13;/h1-2,5,8,13H,3-4,11H2;1H/t8-;/m1./s1. The molecule has 0 spiro atoms. The summed E-state index contributed by atoms with van der Waals surface area (Å²) in [6.45, 7) is -0.636. The van der Waals surface area contributed by atoms with Crippen LogP contribution in [-0.2, 0) is 0 Å². The smallest absolute Gasteiger partial charge is 0.270 e. The number of alkyl halides is 1. The average Bonchev–Trinajstić information content (AvgIpc) is 2.18. The van der Waals surface area contributed by atoms with Gasteiger partial charge in [0, 0.05) is 23.7 Å². The molecule has 1 atom stereocenters. The van der Waals surface area contributed by atoms with E-state index in [0.29, 0.717) is 0 Å². The van der Waals surface area contributed by atoms with Crippen molar-refractivity contribution in [3.63, 3.8) is 0 Å². The first-order valence-electron chi connectivity index (χ1n) is 4.35. The molecule has 0 unspecified atom stereocenters. The molecule has 1 aromatic carbocycles. The number of hydrogen-bond acceptors (Lipinski definition) is 4. The van der Waals surface area contributed by atoms with Gasteiger partial charge in [-0.3, -0.25) is 14.5 Å². The number of phenolic OH excluding ortho intramolecular Hbond substituents is 1. The summed E-state index contributed by atoms with van der Waals surface area (Å²) in [7, 11) is 0. The van der Waals surface area contributed by atoms with E-state index in [0.717, 1.165) is 6.07 Å². The van der Waals surface area contributed by atoms with E-state index in [2.05, 4.69) is 0 Å². The summed E-state index contributed by atoms with van der Waals surface area (Å²) in [5, 5.41) is 19.8. The Hall–Kier alpha value is -1.40. The molecule has 0 aliphatic rings. The highest BCUT2D eigenvalue weighted by Gasteiger charge is 2.15. The molecule has 0 saturated heterocycles. The fourth-order valence-corrected chi connectivity index (χ4v) is 1.23. The van der Waals surface area contributed by atoms with E-state index < -0.39 is 17.6 Å². The van der Waals surface area contributed by atoms with Gasteiger partial charge < -0.3 is 10.8 Å². The normalized spacial score (nSPS) is 11.6. The lowest BCUT2D eigenvalue weighted by Gasteiger charge is -2.11. The van der Waals surface area contributed by atoms with E-state index in [9.17, 15) is 19.6 Å². The summed E-state index contributed by atoms with van der Waals surface area (Å²) in [6.07, 6.45) is 0.0225. The van der Waals surface area contributed by atoms with Crippen LogP contribution in [0.3, 0.4) is 0 Å². The van der Waals surface area contributed by atoms with Gasteiger partial charge in [-0.15, -0.1) is 12.4 Å². The van der Waals surface area contributed by atoms with Crippen LogP contribution in [0, 0.1) is 10.1 Å². The molecule has 0 aliphatic carbocycles. The molecule has 0 amide bonds. The Bertz CT molecular complexity index is 376. The van der Waals surface area contributed by atoms with Crippen molar-refractivity contribution in [3.8, 4) is 5.75 Å². The van der Waals surface area contributed by atoms with Crippen molar-refractivity contribution < 1.29 is 14.4 Å². The topological polar surface area (TPSA) is 89.4 Å². The first-order chi connectivity index (χ1) is 7.06. The van der Waals surface area contributed by atoms with E-state index >= 15 is 0 Å². The number of benzene rings is 1. The average molecular weight is 251 g/mol. The number of halogens is 2. The molecule has 1 rings (SSSR count). The maximum atomic E-state index is 12.0. The molecule has 0 bridgehead atoms. The fraction of sp³-hybridized carbons (Fsp3) is 0.333. The van der Waals surface area contributed by atoms with Crippen LogP contribution >= 0.6 is 12.4 Å². The van der Waals surface area contributed by atoms with Gasteiger partial charge in [-0.05, 0) is 12.5 Å². The Morgan fingerprint density at radius 3 is 2.69 bits per heavy atom. The molecule has 7 heteroatoms. The van der Waals surface area contributed by atoms with Crippen molar-refractivity contribution >= 4 is 18.1 Å². The third kappa shape index (κ3) is 3.32. The van der Waals surface area contributed by atoms with Crippen LogP contribution in [0.2, 0.25) is 0 Å². The van der Waals surface area contributed by atoms with Gasteiger partial charge in [-0.1, -0.05) is 0 Å². The summed E-state index contributed by atoms with van der Waals surface area (Å²) in [5.74, 6) is -0.151. The van der Waals surface area contributed by atoms with Crippen LogP contribution in [-0.4, -0.2) is 16.7 Å². The minimum absolute atomic E-state index is 0. The summed E-state index contributed by atoms with van der Waals surface area (Å²) in [5.41, 5.74) is 5.58. The number of nitro groups is 1. The van der Waals surface area contributed by atoms with Crippen LogP contribution in [0.25, 0.3) is 0 Å². The SMILES string of the molecule is Cl.N[C@H](CCF)c1cc([N+](=O)[O-])ccc1O. The van der Waals surface area contributed by atoms with E-state index in [1.54, 1.807) is 0 Å². The molecule has 0 fully saturated rings. The Morgan fingerprint density at radius 2 is 2.19 bits per heavy atom. The van der Waals surface area contributed by atoms with Crippen molar-refractivity contribution in [2.75, 3.05) is 6.67 Å². The van der Waals surface area contributed by atoms with E-state index in [-0.39, 0.29) is 35.8 Å². The summed E-state index contributed by atoms with van der Waals surface area (Å²) in [4.78, 5) is 9.86. The second-order valence-electron chi connectivity index (χ2n) is 3.08. The van der Waals surface area contributed by atoms with Gasteiger partial charge in [0.15, 0.2) is 0 Å². The zero-order chi connectivity index (χ0) is 11.4. The molecule has 0 aliphatic heterocycles. The molecular weight excluding hydrogens is 239 g/mol. The Labute approximate surface area is 97.6 Å². The second-order valence-corrected chi connectivity index (χ2v) is 3.08. The number of hydrogen-bond donors (Lipinski definition) is 2. The largest absolute Gasteiger partial charge is 0.508 e. The third-order valence-electron chi connectivity index (χ3n) is 2.04. The highest BCUT2D eigenvalue weighted by molar-refractivity contribution is 5.85. The lowest BCUT2D eigenvalue weighted by Crippen LogP contribution is -2.11. The summed E-state index contributed by atoms with van der Waals surface area (Å²) in [6, 6.07) is 2.79. The van der Waals surface area contributed by atoms with Crippen LogP contribution in [0.4, 0.5) is 10.1 Å². The highest BCUT2D eigenvalue weighted by Crippen LogP contribution is 2.28. The van der Waals surface area contributed by atoms with Crippen molar-refractivity contribution in [2.45, 2.75) is 12.5 Å². The number of nitro benzene ring substituents is 1. The van der Waals surface area contributed by atoms with Crippen LogP contribution < -0.4 is 5.73 Å². The Balaban J connectivity index is 0.00000225. The van der Waals surface area contributed by atoms with Crippen molar-refractivity contribution in [3.05, 3.63) is 33.9 Å². The summed E-state index contributed by atoms with van der Waals surface area (Å²) < 4.78 is 12.0. The molecule has 0 radical (unpaired) electrons. The van der Waals surface area contributed by atoms with Gasteiger partial charge in [0.2, 0.25) is 0 Å². The molecule has 0 aromatic heterocycles. The lowest BCUT2D eigenvalue weighted by atomic mass is 10.0. The molecule has 5 nitrogen and oxygen atoms in total. The number of nitrogens with zero attached hydrogens (tertiary/aromatic N) is 1. The van der Waals surface area contributed by atoms with Gasteiger partial charge in [0.25, 0.3) is 5.69 Å². The molecule has 3 N–H and O–H groups in total. The molecule has 0 saturated carbocycles. The first-order valence-corrected chi connectivity index (χ1v) is 4.35. The molecule has 1 aromatic rings. The fourth-order valence-electron chi connectivity index (χ4n) is 1.23. The predicted octanol–water partition coefficient (Wildman–Crippen LogP) is 2.08. The number of aromatic hydroxyl groups is 1. The van der Waals surface area contributed by atoms with Crippen LogP contribution in [0.15, 0.2) is 18.2 Å². The van der Waals surface area contributed by atoms with Gasteiger partial charge in [-0.2, -0.15) is 0 Å². The first kappa shape index (κ1) is 14.6. The van der Waals surface area contributed by atoms with Crippen LogP contribution in [0.1, 0.15) is 18.0 Å². The minimum atomic E-state index is -0.727. The zero-order valence-electron chi connectivity index (χ0n) is 8.30. The van der Waals surface area contributed by atoms with Crippen molar-refractivity contribution in [1.29, 1.82) is 0 Å². The van der Waals surface area contributed by atoms with E-state index in [4.69, 9.17) is 5.73 Å². The molecular formula is C9H12ClFN2O3. The molecule has 0 heterocycles. The second kappa shape index (κ2) is 6.24. The Morgan fingerprint density at radius 1 is 1.56 bits per heavy atom. The van der Waals surface area contributed by atoms with Gasteiger partial charge in [-0.25, -0.2) is 0 Å². The van der Waals surface area contributed by atoms with Crippen molar-refractivity contribution in [2.24, 2.45) is 5.73 Å². The molecule has 90 valence electrons. The number of non-ortho nitro benzene ring substituents is 1. The quantitative estimate of drug-likeness (QED) is 0.632.